The molecule has 94 valence electrons. The van der Waals surface area contributed by atoms with Crippen molar-refractivity contribution in [1.29, 1.82) is 0 Å². The molecule has 3 heteroatoms. The Morgan fingerprint density at radius 3 is 2.56 bits per heavy atom. The number of rotatable bonds is 4. The minimum absolute atomic E-state index is 0.171. The number of piperazine rings is 1. The van der Waals surface area contributed by atoms with Gasteiger partial charge in [-0.2, -0.15) is 0 Å². The number of carbonyl (C=O) groups excluding carboxylic acids is 1. The molecule has 3 nitrogen and oxygen atoms in total. The zero-order chi connectivity index (χ0) is 12.1. The fourth-order valence-electron chi connectivity index (χ4n) is 2.23. The van der Waals surface area contributed by atoms with Crippen molar-refractivity contribution in [2.45, 2.75) is 59.0 Å². The summed E-state index contributed by atoms with van der Waals surface area (Å²) in [6.45, 7) is 10.3. The topological polar surface area (TPSA) is 32.3 Å². The molecule has 0 aromatic heterocycles. The lowest BCUT2D eigenvalue weighted by Crippen LogP contribution is -2.58. The van der Waals surface area contributed by atoms with Crippen molar-refractivity contribution in [1.82, 2.24) is 10.2 Å². The van der Waals surface area contributed by atoms with Crippen molar-refractivity contribution < 1.29 is 4.79 Å². The lowest BCUT2D eigenvalue weighted by Gasteiger charge is -2.41. The first-order valence-electron chi connectivity index (χ1n) is 6.67. The summed E-state index contributed by atoms with van der Waals surface area (Å²) in [6, 6.07) is 0.875. The van der Waals surface area contributed by atoms with E-state index in [0.717, 1.165) is 32.4 Å². The van der Waals surface area contributed by atoms with E-state index in [0.29, 0.717) is 18.0 Å². The van der Waals surface area contributed by atoms with Crippen LogP contribution < -0.4 is 5.32 Å². The summed E-state index contributed by atoms with van der Waals surface area (Å²) in [6.07, 6.45) is 3.09. The summed E-state index contributed by atoms with van der Waals surface area (Å²) >= 11 is 0. The molecule has 16 heavy (non-hydrogen) atoms. The molecule has 1 rings (SSSR count). The summed E-state index contributed by atoms with van der Waals surface area (Å²) in [7, 11) is 0. The molecular formula is C13H26N2O. The van der Waals surface area contributed by atoms with Gasteiger partial charge < -0.3 is 10.2 Å². The van der Waals surface area contributed by atoms with Crippen LogP contribution in [0.15, 0.2) is 0 Å². The molecule has 0 aromatic rings. The number of nitrogens with zero attached hydrogens (tertiary/aromatic N) is 1. The molecule has 1 fully saturated rings. The van der Waals surface area contributed by atoms with E-state index in [4.69, 9.17) is 0 Å². The molecule has 3 unspecified atom stereocenters. The maximum Gasteiger partial charge on any atom is 0.225 e. The maximum absolute atomic E-state index is 12.3. The normalized spacial score (nSPS) is 27.9. The fourth-order valence-corrected chi connectivity index (χ4v) is 2.23. The van der Waals surface area contributed by atoms with Crippen LogP contribution >= 0.6 is 0 Å². The van der Waals surface area contributed by atoms with E-state index < -0.39 is 0 Å². The zero-order valence-corrected chi connectivity index (χ0v) is 11.1. The first-order chi connectivity index (χ1) is 7.63. The largest absolute Gasteiger partial charge is 0.337 e. The van der Waals surface area contributed by atoms with Crippen LogP contribution in [0.5, 0.6) is 0 Å². The van der Waals surface area contributed by atoms with Crippen LogP contribution in [0, 0.1) is 5.92 Å². The summed E-state index contributed by atoms with van der Waals surface area (Å²) in [5.74, 6) is 0.513. The number of hydrogen-bond donors (Lipinski definition) is 1. The minimum Gasteiger partial charge on any atom is -0.337 e. The Morgan fingerprint density at radius 2 is 2.06 bits per heavy atom. The molecule has 0 aliphatic carbocycles. The van der Waals surface area contributed by atoms with Gasteiger partial charge in [0.05, 0.1) is 0 Å². The van der Waals surface area contributed by atoms with Gasteiger partial charge in [0.25, 0.3) is 0 Å². The van der Waals surface area contributed by atoms with Gasteiger partial charge in [-0.1, -0.05) is 27.7 Å². The number of nitrogens with one attached hydrogen (secondary N) is 1. The second kappa shape index (κ2) is 6.24. The van der Waals surface area contributed by atoms with E-state index in [1.807, 2.05) is 6.92 Å². The average Bonchev–Trinajstić information content (AvgIpc) is 2.35. The first-order valence-corrected chi connectivity index (χ1v) is 6.67. The second-order valence-electron chi connectivity index (χ2n) is 4.88. The molecule has 1 N–H and O–H groups in total. The third-order valence-corrected chi connectivity index (χ3v) is 3.78. The monoisotopic (exact) mass is 226 g/mol. The second-order valence-corrected chi connectivity index (χ2v) is 4.88. The fraction of sp³-hybridized carbons (Fsp3) is 0.923. The molecule has 1 aliphatic heterocycles. The Balaban J connectivity index is 2.67. The maximum atomic E-state index is 12.3. The molecule has 0 aromatic carbocycles. The highest BCUT2D eigenvalue weighted by atomic mass is 16.2. The molecule has 1 amide bonds. The predicted octanol–water partition coefficient (Wildman–Crippen LogP) is 2.02. The standard InChI is InChI=1S/C13H26N2O/c1-5-10(4)13(16)15-9-11(6-2)14-8-12(15)7-3/h10-12,14H,5-9H2,1-4H3. The van der Waals surface area contributed by atoms with E-state index in [2.05, 4.69) is 31.0 Å². The van der Waals surface area contributed by atoms with Crippen molar-refractivity contribution in [3.63, 3.8) is 0 Å². The zero-order valence-electron chi connectivity index (χ0n) is 11.1. The van der Waals surface area contributed by atoms with E-state index in [-0.39, 0.29) is 5.92 Å². The highest BCUT2D eigenvalue weighted by Crippen LogP contribution is 2.16. The van der Waals surface area contributed by atoms with Crippen LogP contribution in [-0.2, 0) is 4.79 Å². The lowest BCUT2D eigenvalue weighted by atomic mass is 10.0. The molecule has 3 atom stereocenters. The molecule has 0 spiro atoms. The van der Waals surface area contributed by atoms with Crippen LogP contribution in [0.25, 0.3) is 0 Å². The van der Waals surface area contributed by atoms with Crippen molar-refractivity contribution in [3.8, 4) is 0 Å². The van der Waals surface area contributed by atoms with E-state index in [1.54, 1.807) is 0 Å². The van der Waals surface area contributed by atoms with Crippen LogP contribution in [0.1, 0.15) is 47.0 Å². The predicted molar refractivity (Wildman–Crippen MR) is 67.3 cm³/mol. The van der Waals surface area contributed by atoms with Crippen molar-refractivity contribution in [3.05, 3.63) is 0 Å². The van der Waals surface area contributed by atoms with Crippen LogP contribution in [0.2, 0.25) is 0 Å². The smallest absolute Gasteiger partial charge is 0.225 e. The van der Waals surface area contributed by atoms with Gasteiger partial charge in [0.2, 0.25) is 5.91 Å². The van der Waals surface area contributed by atoms with Gasteiger partial charge in [0.1, 0.15) is 0 Å². The third kappa shape index (κ3) is 2.97. The summed E-state index contributed by atoms with van der Waals surface area (Å²) in [5, 5.41) is 3.52. The Bertz CT molecular complexity index is 230. The minimum atomic E-state index is 0.171. The van der Waals surface area contributed by atoms with Crippen molar-refractivity contribution in [2.24, 2.45) is 5.92 Å². The molecule has 1 heterocycles. The molecule has 1 aliphatic rings. The SMILES string of the molecule is CCC1CN(C(=O)C(C)CC)C(CC)CN1. The van der Waals surface area contributed by atoms with E-state index >= 15 is 0 Å². The lowest BCUT2D eigenvalue weighted by molar-refractivity contribution is -0.139. The first kappa shape index (κ1) is 13.5. The van der Waals surface area contributed by atoms with Gasteiger partial charge in [0.15, 0.2) is 0 Å². The summed E-state index contributed by atoms with van der Waals surface area (Å²) < 4.78 is 0. The van der Waals surface area contributed by atoms with E-state index in [1.165, 1.54) is 0 Å². The van der Waals surface area contributed by atoms with Gasteiger partial charge in [-0.3, -0.25) is 4.79 Å². The van der Waals surface area contributed by atoms with Crippen LogP contribution in [-0.4, -0.2) is 36.0 Å². The van der Waals surface area contributed by atoms with Crippen LogP contribution in [0.4, 0.5) is 0 Å². The Hall–Kier alpha value is -0.570. The van der Waals surface area contributed by atoms with Gasteiger partial charge in [0, 0.05) is 31.1 Å². The molecule has 0 saturated carbocycles. The Labute approximate surface area is 99.6 Å². The van der Waals surface area contributed by atoms with Gasteiger partial charge in [-0.15, -0.1) is 0 Å². The number of hydrogen-bond acceptors (Lipinski definition) is 2. The summed E-state index contributed by atoms with van der Waals surface area (Å²) in [4.78, 5) is 14.4. The van der Waals surface area contributed by atoms with Gasteiger partial charge in [-0.25, -0.2) is 0 Å². The quantitative estimate of drug-likeness (QED) is 0.795. The molecular weight excluding hydrogens is 200 g/mol. The third-order valence-electron chi connectivity index (χ3n) is 3.78. The van der Waals surface area contributed by atoms with Crippen LogP contribution in [0.3, 0.4) is 0 Å². The Kier molecular flexibility index (Phi) is 5.26. The molecule has 0 bridgehead atoms. The van der Waals surface area contributed by atoms with Gasteiger partial charge >= 0.3 is 0 Å². The molecule has 0 radical (unpaired) electrons. The van der Waals surface area contributed by atoms with Gasteiger partial charge in [-0.05, 0) is 19.3 Å². The van der Waals surface area contributed by atoms with Crippen molar-refractivity contribution >= 4 is 5.91 Å². The highest BCUT2D eigenvalue weighted by Gasteiger charge is 2.31. The molecule has 1 saturated heterocycles. The average molecular weight is 226 g/mol. The van der Waals surface area contributed by atoms with E-state index in [9.17, 15) is 4.79 Å². The summed E-state index contributed by atoms with van der Waals surface area (Å²) in [5.41, 5.74) is 0. The highest BCUT2D eigenvalue weighted by molar-refractivity contribution is 5.79. The Morgan fingerprint density at radius 1 is 1.38 bits per heavy atom. The number of amides is 1. The number of carbonyl (C=O) groups is 1. The van der Waals surface area contributed by atoms with Crippen molar-refractivity contribution in [2.75, 3.05) is 13.1 Å².